The zero-order valence-electron chi connectivity index (χ0n) is 10.3. The van der Waals surface area contributed by atoms with Crippen molar-refractivity contribution in [3.63, 3.8) is 0 Å². The fourth-order valence-electron chi connectivity index (χ4n) is 1.49. The van der Waals surface area contributed by atoms with E-state index in [0.29, 0.717) is 12.4 Å². The maximum absolute atomic E-state index is 10.8. The highest BCUT2D eigenvalue weighted by Gasteiger charge is 2.05. The molecule has 1 amide bonds. The number of nitrogens with zero attached hydrogens (tertiary/aromatic N) is 3. The number of nitrogens with one attached hydrogen (secondary N) is 1. The molecule has 0 saturated heterocycles. The first-order valence-electron chi connectivity index (χ1n) is 5.67. The summed E-state index contributed by atoms with van der Waals surface area (Å²) < 4.78 is 0. The van der Waals surface area contributed by atoms with Crippen LogP contribution in [0, 0.1) is 10.1 Å². The van der Waals surface area contributed by atoms with Crippen LogP contribution in [0.25, 0.3) is 0 Å². The second-order valence-corrected chi connectivity index (χ2v) is 3.95. The summed E-state index contributed by atoms with van der Waals surface area (Å²) in [5.41, 5.74) is 6.04. The second kappa shape index (κ2) is 5.74. The number of nitro benzene ring substituents is 1. The van der Waals surface area contributed by atoms with E-state index in [2.05, 4.69) is 15.5 Å². The molecule has 8 nitrogen and oxygen atoms in total. The molecule has 0 atom stereocenters. The van der Waals surface area contributed by atoms with Crippen LogP contribution in [0.2, 0.25) is 0 Å². The number of amides is 1. The first-order valence-corrected chi connectivity index (χ1v) is 5.67. The molecule has 3 N–H and O–H groups in total. The van der Waals surface area contributed by atoms with E-state index in [0.717, 1.165) is 5.56 Å². The Morgan fingerprint density at radius 1 is 1.20 bits per heavy atom. The molecule has 0 radical (unpaired) electrons. The van der Waals surface area contributed by atoms with Crippen molar-refractivity contribution in [3.8, 4) is 0 Å². The minimum absolute atomic E-state index is 0.0411. The minimum atomic E-state index is -0.639. The Labute approximate surface area is 113 Å². The highest BCUT2D eigenvalue weighted by molar-refractivity contribution is 5.90. The number of carbonyl (C=O) groups is 1. The van der Waals surface area contributed by atoms with Crippen LogP contribution < -0.4 is 11.1 Å². The van der Waals surface area contributed by atoms with E-state index >= 15 is 0 Å². The molecule has 0 unspecified atom stereocenters. The molecule has 2 aromatic rings. The summed E-state index contributed by atoms with van der Waals surface area (Å²) >= 11 is 0. The van der Waals surface area contributed by atoms with Crippen molar-refractivity contribution in [1.29, 1.82) is 0 Å². The number of carbonyl (C=O) groups excluding carboxylic acids is 1. The van der Waals surface area contributed by atoms with E-state index in [1.54, 1.807) is 18.2 Å². The lowest BCUT2D eigenvalue weighted by Crippen LogP contribution is -2.14. The van der Waals surface area contributed by atoms with Crippen molar-refractivity contribution < 1.29 is 9.72 Å². The predicted molar refractivity (Wildman–Crippen MR) is 71.0 cm³/mol. The summed E-state index contributed by atoms with van der Waals surface area (Å²) in [7, 11) is 0. The highest BCUT2D eigenvalue weighted by atomic mass is 16.6. The van der Waals surface area contributed by atoms with Gasteiger partial charge in [0.15, 0.2) is 5.69 Å². The summed E-state index contributed by atoms with van der Waals surface area (Å²) in [5.74, 6) is -0.159. The van der Waals surface area contributed by atoms with Crippen molar-refractivity contribution >= 4 is 17.4 Å². The average Bonchev–Trinajstić information content (AvgIpc) is 2.46. The molecule has 1 aromatic carbocycles. The van der Waals surface area contributed by atoms with Gasteiger partial charge in [-0.15, -0.1) is 10.2 Å². The van der Waals surface area contributed by atoms with Gasteiger partial charge in [-0.05, 0) is 17.7 Å². The molecule has 1 heterocycles. The molecule has 8 heteroatoms. The molecule has 0 aliphatic heterocycles. The monoisotopic (exact) mass is 273 g/mol. The van der Waals surface area contributed by atoms with Gasteiger partial charge in [-0.2, -0.15) is 0 Å². The van der Waals surface area contributed by atoms with Crippen LogP contribution in [0.3, 0.4) is 0 Å². The van der Waals surface area contributed by atoms with Crippen LogP contribution in [0.15, 0.2) is 36.4 Å². The Hall–Kier alpha value is -3.03. The van der Waals surface area contributed by atoms with Crippen molar-refractivity contribution in [2.45, 2.75) is 6.54 Å². The third-order valence-corrected chi connectivity index (χ3v) is 2.54. The van der Waals surface area contributed by atoms with Crippen LogP contribution in [-0.2, 0) is 6.54 Å². The molecule has 0 fully saturated rings. The van der Waals surface area contributed by atoms with Gasteiger partial charge < -0.3 is 11.1 Å². The Bertz CT molecular complexity index is 567. The van der Waals surface area contributed by atoms with E-state index in [1.807, 2.05) is 0 Å². The molecule has 0 aliphatic carbocycles. The van der Waals surface area contributed by atoms with Gasteiger partial charge >= 0.3 is 0 Å². The molecular formula is C12H11N5O3. The fourth-order valence-corrected chi connectivity index (χ4v) is 1.49. The lowest BCUT2D eigenvalue weighted by molar-refractivity contribution is -0.384. The van der Waals surface area contributed by atoms with E-state index < -0.39 is 10.8 Å². The molecule has 0 spiro atoms. The maximum Gasteiger partial charge on any atom is 0.269 e. The summed E-state index contributed by atoms with van der Waals surface area (Å²) in [5, 5.41) is 20.9. The van der Waals surface area contributed by atoms with Gasteiger partial charge in [0.05, 0.1) is 4.92 Å². The summed E-state index contributed by atoms with van der Waals surface area (Å²) in [6.45, 7) is 0.433. The van der Waals surface area contributed by atoms with Crippen LogP contribution in [0.5, 0.6) is 0 Å². The van der Waals surface area contributed by atoms with Crippen molar-refractivity contribution in [1.82, 2.24) is 10.2 Å². The third-order valence-electron chi connectivity index (χ3n) is 2.54. The zero-order valence-corrected chi connectivity index (χ0v) is 10.3. The van der Waals surface area contributed by atoms with Gasteiger partial charge in [0, 0.05) is 18.7 Å². The lowest BCUT2D eigenvalue weighted by Gasteiger charge is -2.05. The first kappa shape index (κ1) is 13.4. The van der Waals surface area contributed by atoms with Gasteiger partial charge in [-0.3, -0.25) is 14.9 Å². The molecule has 20 heavy (non-hydrogen) atoms. The van der Waals surface area contributed by atoms with E-state index in [1.165, 1.54) is 18.2 Å². The number of non-ortho nitro benzene ring substituents is 1. The number of hydrogen-bond donors (Lipinski definition) is 2. The van der Waals surface area contributed by atoms with Gasteiger partial charge in [-0.1, -0.05) is 12.1 Å². The van der Waals surface area contributed by atoms with E-state index in [9.17, 15) is 14.9 Å². The Morgan fingerprint density at radius 2 is 1.90 bits per heavy atom. The summed E-state index contributed by atoms with van der Waals surface area (Å²) in [4.78, 5) is 20.9. The number of rotatable bonds is 5. The molecule has 0 bridgehead atoms. The standard InChI is InChI=1S/C12H11N5O3/c13-12(18)10-5-6-11(16-15-10)14-7-8-1-3-9(4-2-8)17(19)20/h1-6H,7H2,(H2,13,18)(H,14,16). The molecule has 102 valence electrons. The summed E-state index contributed by atoms with van der Waals surface area (Å²) in [6, 6.07) is 9.20. The molecular weight excluding hydrogens is 262 g/mol. The SMILES string of the molecule is NC(=O)c1ccc(NCc2ccc([N+](=O)[O-])cc2)nn1. The van der Waals surface area contributed by atoms with Crippen molar-refractivity contribution in [2.75, 3.05) is 5.32 Å². The minimum Gasteiger partial charge on any atom is -0.365 e. The Morgan fingerprint density at radius 3 is 2.40 bits per heavy atom. The maximum atomic E-state index is 10.8. The van der Waals surface area contributed by atoms with Crippen LogP contribution in [-0.4, -0.2) is 21.0 Å². The topological polar surface area (TPSA) is 124 Å². The smallest absolute Gasteiger partial charge is 0.269 e. The zero-order chi connectivity index (χ0) is 14.5. The average molecular weight is 273 g/mol. The predicted octanol–water partition coefficient (Wildman–Crippen LogP) is 1.10. The van der Waals surface area contributed by atoms with E-state index in [-0.39, 0.29) is 11.4 Å². The lowest BCUT2D eigenvalue weighted by atomic mass is 10.2. The number of aromatic nitrogens is 2. The van der Waals surface area contributed by atoms with Crippen LogP contribution >= 0.6 is 0 Å². The largest absolute Gasteiger partial charge is 0.365 e. The van der Waals surface area contributed by atoms with Gasteiger partial charge in [0.25, 0.3) is 11.6 Å². The number of benzene rings is 1. The van der Waals surface area contributed by atoms with Gasteiger partial charge in [-0.25, -0.2) is 0 Å². The highest BCUT2D eigenvalue weighted by Crippen LogP contribution is 2.13. The number of nitrogens with two attached hydrogens (primary N) is 1. The van der Waals surface area contributed by atoms with Crippen molar-refractivity contribution in [2.24, 2.45) is 5.73 Å². The molecule has 1 aromatic heterocycles. The Balaban J connectivity index is 1.97. The van der Waals surface area contributed by atoms with Crippen LogP contribution in [0.1, 0.15) is 16.1 Å². The first-order chi connectivity index (χ1) is 9.56. The third kappa shape index (κ3) is 3.25. The van der Waals surface area contributed by atoms with Gasteiger partial charge in [0.1, 0.15) is 5.82 Å². The quantitative estimate of drug-likeness (QED) is 0.620. The number of primary amides is 1. The second-order valence-electron chi connectivity index (χ2n) is 3.95. The number of anilines is 1. The number of hydrogen-bond acceptors (Lipinski definition) is 6. The van der Waals surface area contributed by atoms with Gasteiger partial charge in [0.2, 0.25) is 0 Å². The van der Waals surface area contributed by atoms with Crippen LogP contribution in [0.4, 0.5) is 11.5 Å². The van der Waals surface area contributed by atoms with E-state index in [4.69, 9.17) is 5.73 Å². The van der Waals surface area contributed by atoms with Crippen molar-refractivity contribution in [3.05, 3.63) is 57.8 Å². The fraction of sp³-hybridized carbons (Fsp3) is 0.0833. The molecule has 0 aliphatic rings. The molecule has 2 rings (SSSR count). The normalized spacial score (nSPS) is 10.0. The Kier molecular flexibility index (Phi) is 3.85. The molecule has 0 saturated carbocycles. The summed E-state index contributed by atoms with van der Waals surface area (Å²) in [6.07, 6.45) is 0. The number of nitro groups is 1.